The van der Waals surface area contributed by atoms with E-state index in [-0.39, 0.29) is 0 Å². The van der Waals surface area contributed by atoms with Gasteiger partial charge in [-0.05, 0) is 18.9 Å². The maximum atomic E-state index is 2.31. The molecule has 2 aromatic rings. The number of benzene rings is 1. The Morgan fingerprint density at radius 1 is 0.824 bits per heavy atom. The third-order valence-corrected chi connectivity index (χ3v) is 3.06. The topological polar surface area (TPSA) is 3.88 Å². The number of aromatic nitrogens is 1. The Morgan fingerprint density at radius 3 is 1.94 bits per heavy atom. The molecule has 17 heavy (non-hydrogen) atoms. The second-order valence-corrected chi connectivity index (χ2v) is 4.42. The highest BCUT2D eigenvalue weighted by Gasteiger charge is 2.06. The zero-order chi connectivity index (χ0) is 12.1. The number of rotatable bonds is 4. The molecule has 2 rings (SSSR count). The van der Waals surface area contributed by atoms with Crippen molar-refractivity contribution in [2.75, 3.05) is 0 Å². The Hall–Kier alpha value is -1.63. The van der Waals surface area contributed by atoms with Gasteiger partial charge in [0.2, 0.25) is 0 Å². The summed E-state index contributed by atoms with van der Waals surface area (Å²) in [5.41, 5.74) is 4.19. The molecule has 0 N–H and O–H groups in total. The summed E-state index contributed by atoms with van der Waals surface area (Å²) in [4.78, 5) is 0. The van der Waals surface area contributed by atoms with Crippen LogP contribution in [0.4, 0.5) is 0 Å². The molecule has 0 fully saturated rings. The van der Waals surface area contributed by atoms with Crippen LogP contribution in [0.3, 0.4) is 0 Å². The van der Waals surface area contributed by atoms with E-state index >= 15 is 0 Å². The summed E-state index contributed by atoms with van der Waals surface area (Å²) in [7, 11) is 0. The summed E-state index contributed by atoms with van der Waals surface area (Å²) in [5.74, 6) is 0. The molecule has 1 aromatic heterocycles. The molecule has 0 atom stereocenters. The molecular weight excluding hydrogens is 206 g/mol. The molecule has 0 aliphatic carbocycles. The van der Waals surface area contributed by atoms with Crippen LogP contribution in [0.25, 0.3) is 0 Å². The fourth-order valence-corrected chi connectivity index (χ4v) is 2.05. The van der Waals surface area contributed by atoms with Crippen molar-refractivity contribution in [3.63, 3.8) is 0 Å². The first kappa shape index (κ1) is 11.8. The van der Waals surface area contributed by atoms with Crippen LogP contribution in [0.5, 0.6) is 0 Å². The molecule has 0 aliphatic rings. The van der Waals surface area contributed by atoms with Crippen LogP contribution in [-0.4, -0.2) is 0 Å². The van der Waals surface area contributed by atoms with E-state index in [9.17, 15) is 0 Å². The fraction of sp³-hybridized carbons (Fsp3) is 0.312. The third kappa shape index (κ3) is 3.16. The van der Waals surface area contributed by atoms with Crippen molar-refractivity contribution in [3.05, 3.63) is 65.5 Å². The Bertz CT molecular complexity index is 452. The van der Waals surface area contributed by atoms with E-state index in [1.165, 1.54) is 16.7 Å². The lowest BCUT2D eigenvalue weighted by Crippen LogP contribution is -2.34. The first-order valence-corrected chi connectivity index (χ1v) is 6.37. The van der Waals surface area contributed by atoms with Gasteiger partial charge in [0, 0.05) is 16.7 Å². The van der Waals surface area contributed by atoms with E-state index in [1.54, 1.807) is 0 Å². The van der Waals surface area contributed by atoms with Gasteiger partial charge in [0.25, 0.3) is 0 Å². The van der Waals surface area contributed by atoms with Crippen molar-refractivity contribution in [3.8, 4) is 0 Å². The smallest absolute Gasteiger partial charge is 0.173 e. The Kier molecular flexibility index (Phi) is 3.92. The highest BCUT2D eigenvalue weighted by atomic mass is 14.9. The molecule has 0 radical (unpaired) electrons. The van der Waals surface area contributed by atoms with Crippen molar-refractivity contribution < 1.29 is 4.57 Å². The summed E-state index contributed by atoms with van der Waals surface area (Å²) in [6, 6.07) is 12.9. The van der Waals surface area contributed by atoms with Crippen molar-refractivity contribution in [2.24, 2.45) is 0 Å². The molecule has 0 amide bonds. The lowest BCUT2D eigenvalue weighted by molar-refractivity contribution is -0.689. The highest BCUT2D eigenvalue weighted by molar-refractivity contribution is 5.16. The lowest BCUT2D eigenvalue weighted by atomic mass is 10.1. The van der Waals surface area contributed by atoms with Gasteiger partial charge >= 0.3 is 0 Å². The average Bonchev–Trinajstić information content (AvgIpc) is 2.39. The van der Waals surface area contributed by atoms with Crippen LogP contribution in [0.15, 0.2) is 48.8 Å². The number of nitrogens with zero attached hydrogens (tertiary/aromatic N) is 1. The van der Waals surface area contributed by atoms with E-state index in [1.807, 2.05) is 0 Å². The first-order valence-electron chi connectivity index (χ1n) is 6.37. The van der Waals surface area contributed by atoms with Crippen LogP contribution in [0.2, 0.25) is 0 Å². The molecule has 0 unspecified atom stereocenters. The predicted octanol–water partition coefficient (Wildman–Crippen LogP) is 3.15. The van der Waals surface area contributed by atoms with Gasteiger partial charge in [-0.2, -0.15) is 0 Å². The lowest BCUT2D eigenvalue weighted by Gasteiger charge is -2.03. The summed E-state index contributed by atoms with van der Waals surface area (Å²) < 4.78 is 2.30. The van der Waals surface area contributed by atoms with E-state index in [0.29, 0.717) is 0 Å². The van der Waals surface area contributed by atoms with Gasteiger partial charge in [0.15, 0.2) is 18.9 Å². The third-order valence-electron chi connectivity index (χ3n) is 3.06. The summed E-state index contributed by atoms with van der Waals surface area (Å²) in [5, 5.41) is 0. The maximum Gasteiger partial charge on any atom is 0.173 e. The minimum atomic E-state index is 0.960. The van der Waals surface area contributed by atoms with Crippen LogP contribution in [-0.2, 0) is 19.4 Å². The highest BCUT2D eigenvalue weighted by Crippen LogP contribution is 2.04. The molecule has 88 valence electrons. The second kappa shape index (κ2) is 5.62. The van der Waals surface area contributed by atoms with Crippen molar-refractivity contribution in [1.29, 1.82) is 0 Å². The van der Waals surface area contributed by atoms with Gasteiger partial charge in [0.1, 0.15) is 0 Å². The van der Waals surface area contributed by atoms with Gasteiger partial charge in [-0.1, -0.05) is 44.2 Å². The van der Waals surface area contributed by atoms with E-state index < -0.39 is 0 Å². The molecule has 1 heterocycles. The minimum absolute atomic E-state index is 0.960. The van der Waals surface area contributed by atoms with Crippen LogP contribution in [0.1, 0.15) is 30.5 Å². The van der Waals surface area contributed by atoms with Crippen molar-refractivity contribution >= 4 is 0 Å². The number of hydrogen-bond donors (Lipinski definition) is 0. The normalized spacial score (nSPS) is 10.5. The average molecular weight is 226 g/mol. The number of aryl methyl sites for hydroxylation is 2. The second-order valence-electron chi connectivity index (χ2n) is 4.42. The van der Waals surface area contributed by atoms with Gasteiger partial charge < -0.3 is 0 Å². The maximum absolute atomic E-state index is 2.31. The van der Waals surface area contributed by atoms with Crippen molar-refractivity contribution in [2.45, 2.75) is 33.2 Å². The molecular formula is C16H20N+. The zero-order valence-corrected chi connectivity index (χ0v) is 10.7. The molecule has 1 aromatic carbocycles. The summed E-state index contributed by atoms with van der Waals surface area (Å²) >= 11 is 0. The van der Waals surface area contributed by atoms with E-state index in [4.69, 9.17) is 0 Å². The van der Waals surface area contributed by atoms with Gasteiger partial charge in [-0.3, -0.25) is 0 Å². The molecule has 0 spiro atoms. The SMILES string of the molecule is CCc1cc(CC)c[n+](Cc2ccccc2)c1. The molecule has 1 heteroatoms. The molecule has 0 bridgehead atoms. The monoisotopic (exact) mass is 226 g/mol. The summed E-state index contributed by atoms with van der Waals surface area (Å²) in [6.45, 7) is 5.38. The van der Waals surface area contributed by atoms with Gasteiger partial charge in [-0.15, -0.1) is 0 Å². The van der Waals surface area contributed by atoms with Crippen molar-refractivity contribution in [1.82, 2.24) is 0 Å². The quantitative estimate of drug-likeness (QED) is 0.705. The Balaban J connectivity index is 2.26. The first-order chi connectivity index (χ1) is 8.31. The van der Waals surface area contributed by atoms with E-state index in [2.05, 4.69) is 67.2 Å². The van der Waals surface area contributed by atoms with Gasteiger partial charge in [0.05, 0.1) is 0 Å². The van der Waals surface area contributed by atoms with Crippen LogP contribution < -0.4 is 4.57 Å². The standard InChI is InChI=1S/C16H20N/c1-3-14-10-15(4-2)12-17(11-14)13-16-8-6-5-7-9-16/h5-12H,3-4,13H2,1-2H3/q+1. The van der Waals surface area contributed by atoms with Gasteiger partial charge in [-0.25, -0.2) is 4.57 Å². The largest absolute Gasteiger partial charge is 0.200 e. The molecule has 0 saturated heterocycles. The Labute approximate surface area is 104 Å². The number of hydrogen-bond acceptors (Lipinski definition) is 0. The Morgan fingerprint density at radius 2 is 1.41 bits per heavy atom. The summed E-state index contributed by atoms with van der Waals surface area (Å²) in [6.07, 6.45) is 6.71. The molecule has 0 saturated carbocycles. The zero-order valence-electron chi connectivity index (χ0n) is 10.7. The number of pyridine rings is 1. The fourth-order valence-electron chi connectivity index (χ4n) is 2.05. The van der Waals surface area contributed by atoms with Crippen LogP contribution in [0, 0.1) is 0 Å². The molecule has 1 nitrogen and oxygen atoms in total. The predicted molar refractivity (Wildman–Crippen MR) is 70.9 cm³/mol. The van der Waals surface area contributed by atoms with Crippen LogP contribution >= 0.6 is 0 Å². The van der Waals surface area contributed by atoms with E-state index in [0.717, 1.165) is 19.4 Å². The minimum Gasteiger partial charge on any atom is -0.200 e. The molecule has 0 aliphatic heterocycles.